The van der Waals surface area contributed by atoms with Crippen LogP contribution in [-0.4, -0.2) is 9.97 Å². The highest BCUT2D eigenvalue weighted by molar-refractivity contribution is 6.31. The Hall–Kier alpha value is -7.42. The molecule has 0 atom stereocenters. The first-order valence-electron chi connectivity index (χ1n) is 19.7. The second-order valence-electron chi connectivity index (χ2n) is 15.2. The summed E-state index contributed by atoms with van der Waals surface area (Å²) in [7, 11) is 0. The van der Waals surface area contributed by atoms with Crippen LogP contribution in [0.15, 0.2) is 188 Å². The van der Waals surface area contributed by atoms with E-state index in [1.807, 2.05) is 12.3 Å². The number of fused-ring (bicyclic) bond motifs is 13. The van der Waals surface area contributed by atoms with Gasteiger partial charge in [-0.05, 0) is 95.3 Å². The van der Waals surface area contributed by atoms with Crippen molar-refractivity contribution in [2.45, 2.75) is 6.92 Å². The highest BCUT2D eigenvalue weighted by Crippen LogP contribution is 2.47. The molecule has 2 heteroatoms. The van der Waals surface area contributed by atoms with E-state index in [2.05, 4.69) is 183 Å². The van der Waals surface area contributed by atoms with Gasteiger partial charge in [0.05, 0.1) is 16.7 Å². The molecule has 0 spiro atoms. The number of rotatable bonds is 3. The molecule has 2 aromatic heterocycles. The Kier molecular flexibility index (Phi) is 6.88. The zero-order valence-corrected chi connectivity index (χ0v) is 31.3. The number of benzene rings is 10. The van der Waals surface area contributed by atoms with E-state index in [9.17, 15) is 0 Å². The SMILES string of the molecule is Cc1cccc2c(-c3c4ccccc4c(-c4ccc(-c5nc6c7ccccc7c7ccccc7c6c6ccccc56)cc4)c4ccccc34)cc3cccnc3c12. The maximum absolute atomic E-state index is 5.55. The van der Waals surface area contributed by atoms with Crippen molar-refractivity contribution >= 4 is 86.4 Å². The highest BCUT2D eigenvalue weighted by Gasteiger charge is 2.21. The van der Waals surface area contributed by atoms with Gasteiger partial charge in [0.1, 0.15) is 0 Å². The van der Waals surface area contributed by atoms with Gasteiger partial charge in [0.25, 0.3) is 0 Å². The van der Waals surface area contributed by atoms with Crippen LogP contribution in [0.5, 0.6) is 0 Å². The quantitative estimate of drug-likeness (QED) is 0.134. The van der Waals surface area contributed by atoms with E-state index in [0.29, 0.717) is 0 Å². The average molecular weight is 723 g/mol. The number of aromatic nitrogens is 2. The molecule has 264 valence electrons. The van der Waals surface area contributed by atoms with E-state index >= 15 is 0 Å². The molecule has 2 nitrogen and oxygen atoms in total. The fourth-order valence-corrected chi connectivity index (χ4v) is 9.73. The summed E-state index contributed by atoms with van der Waals surface area (Å²) in [6.07, 6.45) is 1.90. The van der Waals surface area contributed by atoms with E-state index in [-0.39, 0.29) is 0 Å². The maximum Gasteiger partial charge on any atom is 0.0800 e. The molecule has 12 rings (SSSR count). The number of pyridine rings is 2. The summed E-state index contributed by atoms with van der Waals surface area (Å²) in [5.41, 5.74) is 10.4. The lowest BCUT2D eigenvalue weighted by Crippen LogP contribution is -1.94. The summed E-state index contributed by atoms with van der Waals surface area (Å²) in [6, 6.07) is 66.4. The Morgan fingerprint density at radius 3 is 1.53 bits per heavy atom. The average Bonchev–Trinajstić information content (AvgIpc) is 3.28. The Morgan fingerprint density at radius 2 is 0.860 bits per heavy atom. The first-order valence-corrected chi connectivity index (χ1v) is 19.7. The van der Waals surface area contributed by atoms with Crippen LogP contribution in [0.2, 0.25) is 0 Å². The first-order chi connectivity index (χ1) is 28.2. The van der Waals surface area contributed by atoms with Crippen LogP contribution in [0.4, 0.5) is 0 Å². The van der Waals surface area contributed by atoms with Gasteiger partial charge < -0.3 is 0 Å². The third-order valence-electron chi connectivity index (χ3n) is 12.2. The zero-order chi connectivity index (χ0) is 37.6. The van der Waals surface area contributed by atoms with E-state index in [4.69, 9.17) is 9.97 Å². The fourth-order valence-electron chi connectivity index (χ4n) is 9.73. The summed E-state index contributed by atoms with van der Waals surface area (Å²) in [4.78, 5) is 10.4. The zero-order valence-electron chi connectivity index (χ0n) is 31.3. The summed E-state index contributed by atoms with van der Waals surface area (Å²) in [5, 5.41) is 17.0. The molecule has 0 amide bonds. The van der Waals surface area contributed by atoms with Gasteiger partial charge in [0.2, 0.25) is 0 Å². The molecule has 0 N–H and O–H groups in total. The molecular formula is C55H34N2. The van der Waals surface area contributed by atoms with Crippen LogP contribution in [0.3, 0.4) is 0 Å². The molecule has 0 radical (unpaired) electrons. The Morgan fingerprint density at radius 1 is 0.351 bits per heavy atom. The minimum absolute atomic E-state index is 1.00. The second-order valence-corrected chi connectivity index (χ2v) is 15.2. The Balaban J connectivity index is 1.10. The summed E-state index contributed by atoms with van der Waals surface area (Å²) < 4.78 is 0. The molecule has 0 aliphatic carbocycles. The van der Waals surface area contributed by atoms with Crippen LogP contribution in [0, 0.1) is 6.92 Å². The number of nitrogens with zero attached hydrogens (tertiary/aromatic N) is 2. The van der Waals surface area contributed by atoms with Crippen LogP contribution < -0.4 is 0 Å². The minimum Gasteiger partial charge on any atom is -0.256 e. The number of hydrogen-bond donors (Lipinski definition) is 0. The van der Waals surface area contributed by atoms with Crippen molar-refractivity contribution in [1.82, 2.24) is 9.97 Å². The normalized spacial score (nSPS) is 11.9. The van der Waals surface area contributed by atoms with Gasteiger partial charge in [0.15, 0.2) is 0 Å². The molecule has 12 aromatic rings. The number of hydrogen-bond acceptors (Lipinski definition) is 2. The maximum atomic E-state index is 5.55. The predicted molar refractivity (Wildman–Crippen MR) is 243 cm³/mol. The summed E-state index contributed by atoms with van der Waals surface area (Å²) in [6.45, 7) is 2.20. The molecule has 2 heterocycles. The monoisotopic (exact) mass is 722 g/mol. The molecule has 0 bridgehead atoms. The second kappa shape index (κ2) is 12.3. The van der Waals surface area contributed by atoms with Crippen molar-refractivity contribution in [1.29, 1.82) is 0 Å². The standard InChI is InChI=1S/C55H34N2/c1-33-14-12-26-45-48(32-36-15-13-31-56-54(36)49(33)45)51-42-21-7-5-19-40(42)50(41-20-6-8-22-43(41)51)34-27-29-35(30-28-34)53-47-25-11-9-23-44(47)52-39-18-4-2-16-37(39)38-17-3-10-24-46(38)55(52)57-53/h2-32H,1H3. The first kappa shape index (κ1) is 31.9. The Labute approximate surface area is 329 Å². The molecule has 0 saturated heterocycles. The van der Waals surface area contributed by atoms with Gasteiger partial charge in [-0.15, -0.1) is 0 Å². The predicted octanol–water partition coefficient (Wildman–Crippen LogP) is 15.0. The third kappa shape index (κ3) is 4.65. The van der Waals surface area contributed by atoms with Crippen molar-refractivity contribution in [3.63, 3.8) is 0 Å². The fraction of sp³-hybridized carbons (Fsp3) is 0.0182. The lowest BCUT2D eigenvalue weighted by Gasteiger charge is -2.20. The molecule has 0 aliphatic heterocycles. The van der Waals surface area contributed by atoms with E-state index in [0.717, 1.165) is 33.1 Å². The molecule has 0 saturated carbocycles. The van der Waals surface area contributed by atoms with Crippen LogP contribution >= 0.6 is 0 Å². The molecule has 57 heavy (non-hydrogen) atoms. The van der Waals surface area contributed by atoms with E-state index in [1.54, 1.807) is 0 Å². The smallest absolute Gasteiger partial charge is 0.0800 e. The van der Waals surface area contributed by atoms with Crippen molar-refractivity contribution in [3.8, 4) is 33.5 Å². The molecule has 10 aromatic carbocycles. The van der Waals surface area contributed by atoms with E-state index < -0.39 is 0 Å². The minimum atomic E-state index is 1.00. The van der Waals surface area contributed by atoms with Crippen molar-refractivity contribution in [2.75, 3.05) is 0 Å². The molecule has 0 unspecified atom stereocenters. The van der Waals surface area contributed by atoms with E-state index in [1.165, 1.54) is 92.5 Å². The topological polar surface area (TPSA) is 25.8 Å². The lowest BCUT2D eigenvalue weighted by molar-refractivity contribution is 1.42. The number of aryl methyl sites for hydroxylation is 1. The summed E-state index contributed by atoms with van der Waals surface area (Å²) >= 11 is 0. The summed E-state index contributed by atoms with van der Waals surface area (Å²) in [5.74, 6) is 0. The van der Waals surface area contributed by atoms with Crippen LogP contribution in [0.25, 0.3) is 120 Å². The highest BCUT2D eigenvalue weighted by atomic mass is 14.7. The van der Waals surface area contributed by atoms with Crippen LogP contribution in [0.1, 0.15) is 5.56 Å². The van der Waals surface area contributed by atoms with Crippen molar-refractivity contribution < 1.29 is 0 Å². The lowest BCUT2D eigenvalue weighted by atomic mass is 9.83. The third-order valence-corrected chi connectivity index (χ3v) is 12.2. The van der Waals surface area contributed by atoms with Gasteiger partial charge in [0, 0.05) is 38.7 Å². The van der Waals surface area contributed by atoms with Gasteiger partial charge >= 0.3 is 0 Å². The molecule has 0 fully saturated rings. The molecule has 0 aliphatic rings. The van der Waals surface area contributed by atoms with Crippen molar-refractivity contribution in [2.24, 2.45) is 0 Å². The van der Waals surface area contributed by atoms with Gasteiger partial charge in [-0.25, -0.2) is 4.98 Å². The van der Waals surface area contributed by atoms with Gasteiger partial charge in [-0.1, -0.05) is 170 Å². The van der Waals surface area contributed by atoms with Crippen LogP contribution in [-0.2, 0) is 0 Å². The Bertz CT molecular complexity index is 3580. The largest absolute Gasteiger partial charge is 0.256 e. The molecular weight excluding hydrogens is 689 g/mol. The van der Waals surface area contributed by atoms with Gasteiger partial charge in [-0.3, -0.25) is 4.98 Å². The van der Waals surface area contributed by atoms with Crippen molar-refractivity contribution in [3.05, 3.63) is 194 Å². The van der Waals surface area contributed by atoms with Gasteiger partial charge in [-0.2, -0.15) is 0 Å².